The number of imide groups is 1. The van der Waals surface area contributed by atoms with Crippen molar-refractivity contribution in [1.82, 2.24) is 10.2 Å². The Morgan fingerprint density at radius 2 is 2.00 bits per heavy atom. The summed E-state index contributed by atoms with van der Waals surface area (Å²) in [6.45, 7) is 5.76. The van der Waals surface area contributed by atoms with Crippen LogP contribution in [0.3, 0.4) is 0 Å². The number of likely N-dealkylation sites (tertiary alicyclic amines) is 1. The molecule has 16 heavy (non-hydrogen) atoms. The van der Waals surface area contributed by atoms with Gasteiger partial charge in [0.15, 0.2) is 0 Å². The lowest BCUT2D eigenvalue weighted by atomic mass is 9.82. The van der Waals surface area contributed by atoms with Crippen LogP contribution in [0.25, 0.3) is 0 Å². The largest absolute Gasteiger partial charge is 0.324 e. The first-order chi connectivity index (χ1) is 7.56. The number of amides is 3. The van der Waals surface area contributed by atoms with Gasteiger partial charge >= 0.3 is 6.03 Å². The zero-order valence-electron chi connectivity index (χ0n) is 9.88. The number of nitrogens with one attached hydrogen (secondary N) is 1. The number of alkyl halides is 1. The topological polar surface area (TPSA) is 49.4 Å². The van der Waals surface area contributed by atoms with E-state index in [0.717, 1.165) is 32.4 Å². The van der Waals surface area contributed by atoms with Crippen molar-refractivity contribution in [2.45, 2.75) is 33.1 Å². The normalized spacial score (nSPS) is 18.6. The van der Waals surface area contributed by atoms with Crippen LogP contribution in [0.5, 0.6) is 0 Å². The number of hydrogen-bond donors (Lipinski definition) is 1. The predicted octanol–water partition coefficient (Wildman–Crippen LogP) is 1.97. The summed E-state index contributed by atoms with van der Waals surface area (Å²) in [7, 11) is 0. The van der Waals surface area contributed by atoms with Gasteiger partial charge in [0, 0.05) is 13.1 Å². The summed E-state index contributed by atoms with van der Waals surface area (Å²) < 4.78 is 0. The van der Waals surface area contributed by atoms with Gasteiger partial charge in [0.05, 0.1) is 0 Å². The fourth-order valence-electron chi connectivity index (χ4n) is 2.17. The quantitative estimate of drug-likeness (QED) is 0.774. The van der Waals surface area contributed by atoms with Gasteiger partial charge in [0.2, 0.25) is 5.91 Å². The average molecular weight is 247 g/mol. The smallest absolute Gasteiger partial charge is 0.324 e. The van der Waals surface area contributed by atoms with Gasteiger partial charge in [-0.2, -0.15) is 0 Å². The fraction of sp³-hybridized carbons (Fsp3) is 0.818. The van der Waals surface area contributed by atoms with E-state index >= 15 is 0 Å². The molecule has 0 bridgehead atoms. The molecule has 0 radical (unpaired) electrons. The third-order valence-electron chi connectivity index (χ3n) is 3.59. The monoisotopic (exact) mass is 246 g/mol. The molecule has 1 N–H and O–H groups in total. The van der Waals surface area contributed by atoms with Crippen LogP contribution < -0.4 is 5.32 Å². The van der Waals surface area contributed by atoms with E-state index in [4.69, 9.17) is 11.6 Å². The molecule has 92 valence electrons. The number of nitrogens with zero attached hydrogens (tertiary/aromatic N) is 1. The molecule has 0 unspecified atom stereocenters. The highest BCUT2D eigenvalue weighted by Gasteiger charge is 2.37. The second-order valence-electron chi connectivity index (χ2n) is 4.37. The van der Waals surface area contributed by atoms with E-state index in [-0.39, 0.29) is 17.3 Å². The summed E-state index contributed by atoms with van der Waals surface area (Å²) in [5, 5.41) is 2.27. The van der Waals surface area contributed by atoms with Crippen molar-refractivity contribution in [1.29, 1.82) is 0 Å². The summed E-state index contributed by atoms with van der Waals surface area (Å²) in [6, 6.07) is -0.311. The Kier molecular flexibility index (Phi) is 4.59. The molecule has 5 heteroatoms. The SMILES string of the molecule is CCC1(CC)CCN(C(=O)NC(=O)CCl)C1. The first-order valence-electron chi connectivity index (χ1n) is 5.71. The number of rotatable bonds is 3. The van der Waals surface area contributed by atoms with Crippen LogP contribution in [0.2, 0.25) is 0 Å². The molecule has 4 nitrogen and oxygen atoms in total. The molecule has 1 saturated heterocycles. The van der Waals surface area contributed by atoms with Gasteiger partial charge in [0.25, 0.3) is 0 Å². The summed E-state index contributed by atoms with van der Waals surface area (Å²) >= 11 is 5.33. The maximum atomic E-state index is 11.7. The predicted molar refractivity (Wildman–Crippen MR) is 63.5 cm³/mol. The molecule has 1 rings (SSSR count). The van der Waals surface area contributed by atoms with Crippen molar-refractivity contribution in [3.63, 3.8) is 0 Å². The van der Waals surface area contributed by atoms with Crippen LogP contribution in [-0.4, -0.2) is 35.8 Å². The summed E-state index contributed by atoms with van der Waals surface area (Å²) in [5.74, 6) is -0.608. The molecule has 1 aliphatic heterocycles. The number of carbonyl (C=O) groups excluding carboxylic acids is 2. The van der Waals surface area contributed by atoms with Crippen molar-refractivity contribution in [2.75, 3.05) is 19.0 Å². The van der Waals surface area contributed by atoms with E-state index in [0.29, 0.717) is 0 Å². The third-order valence-corrected chi connectivity index (χ3v) is 3.84. The Hall–Kier alpha value is -0.770. The van der Waals surface area contributed by atoms with Crippen molar-refractivity contribution >= 4 is 23.5 Å². The molecule has 0 aromatic heterocycles. The highest BCUT2D eigenvalue weighted by Crippen LogP contribution is 2.36. The van der Waals surface area contributed by atoms with Gasteiger partial charge < -0.3 is 4.90 Å². The highest BCUT2D eigenvalue weighted by molar-refractivity contribution is 6.28. The minimum absolute atomic E-state index is 0.174. The van der Waals surface area contributed by atoms with Crippen LogP contribution in [0, 0.1) is 5.41 Å². The van der Waals surface area contributed by atoms with E-state index in [1.807, 2.05) is 0 Å². The second kappa shape index (κ2) is 5.53. The van der Waals surface area contributed by atoms with Crippen LogP contribution in [0.1, 0.15) is 33.1 Å². The van der Waals surface area contributed by atoms with Gasteiger partial charge in [0.1, 0.15) is 5.88 Å². The average Bonchev–Trinajstić information content (AvgIpc) is 2.74. The molecule has 1 heterocycles. The lowest BCUT2D eigenvalue weighted by Gasteiger charge is -2.26. The van der Waals surface area contributed by atoms with E-state index in [2.05, 4.69) is 19.2 Å². The lowest BCUT2D eigenvalue weighted by molar-refractivity contribution is -0.117. The Morgan fingerprint density at radius 3 is 2.44 bits per heavy atom. The van der Waals surface area contributed by atoms with Gasteiger partial charge in [-0.1, -0.05) is 13.8 Å². The molecule has 3 amide bonds. The molecule has 0 saturated carbocycles. The lowest BCUT2D eigenvalue weighted by Crippen LogP contribution is -2.43. The van der Waals surface area contributed by atoms with E-state index in [1.165, 1.54) is 0 Å². The molecule has 0 aromatic rings. The first kappa shape index (κ1) is 13.3. The molecule has 0 aliphatic carbocycles. The Balaban J connectivity index is 2.52. The Bertz CT molecular complexity index is 277. The first-order valence-corrected chi connectivity index (χ1v) is 6.25. The van der Waals surface area contributed by atoms with E-state index in [1.54, 1.807) is 4.90 Å². The van der Waals surface area contributed by atoms with E-state index in [9.17, 15) is 9.59 Å². The minimum Gasteiger partial charge on any atom is -0.324 e. The van der Waals surface area contributed by atoms with Crippen molar-refractivity contribution in [2.24, 2.45) is 5.41 Å². The number of halogens is 1. The summed E-state index contributed by atoms with van der Waals surface area (Å²) in [4.78, 5) is 24.4. The van der Waals surface area contributed by atoms with Gasteiger partial charge in [-0.15, -0.1) is 11.6 Å². The number of hydrogen-bond acceptors (Lipinski definition) is 2. The zero-order chi connectivity index (χ0) is 12.2. The van der Waals surface area contributed by atoms with Crippen LogP contribution in [0.15, 0.2) is 0 Å². The van der Waals surface area contributed by atoms with Gasteiger partial charge in [-0.3, -0.25) is 10.1 Å². The Labute approximate surface area is 101 Å². The molecule has 0 atom stereocenters. The summed E-state index contributed by atoms with van der Waals surface area (Å²) in [6.07, 6.45) is 3.15. The molecule has 1 fully saturated rings. The highest BCUT2D eigenvalue weighted by atomic mass is 35.5. The maximum absolute atomic E-state index is 11.7. The number of carbonyl (C=O) groups is 2. The third kappa shape index (κ3) is 2.88. The van der Waals surface area contributed by atoms with Gasteiger partial charge in [-0.05, 0) is 24.7 Å². The standard InChI is InChI=1S/C11H19ClN2O2/c1-3-11(4-2)5-6-14(8-11)10(16)13-9(15)7-12/h3-8H2,1-2H3,(H,13,15,16). The second-order valence-corrected chi connectivity index (χ2v) is 4.63. The molecular weight excluding hydrogens is 228 g/mol. The van der Waals surface area contributed by atoms with Crippen molar-refractivity contribution in [3.8, 4) is 0 Å². The zero-order valence-corrected chi connectivity index (χ0v) is 10.6. The molecule has 1 aliphatic rings. The minimum atomic E-state index is -0.433. The molecule has 0 spiro atoms. The Morgan fingerprint density at radius 1 is 1.38 bits per heavy atom. The van der Waals surface area contributed by atoms with Crippen LogP contribution >= 0.6 is 11.6 Å². The molecule has 0 aromatic carbocycles. The molecular formula is C11H19ClN2O2. The fourth-order valence-corrected chi connectivity index (χ4v) is 2.23. The van der Waals surface area contributed by atoms with Crippen LogP contribution in [-0.2, 0) is 4.79 Å². The maximum Gasteiger partial charge on any atom is 0.324 e. The summed E-state index contributed by atoms with van der Waals surface area (Å²) in [5.41, 5.74) is 0.237. The van der Waals surface area contributed by atoms with Crippen LogP contribution in [0.4, 0.5) is 4.79 Å². The van der Waals surface area contributed by atoms with Crippen molar-refractivity contribution in [3.05, 3.63) is 0 Å². The van der Waals surface area contributed by atoms with Gasteiger partial charge in [-0.25, -0.2) is 4.79 Å². The van der Waals surface area contributed by atoms with E-state index < -0.39 is 5.91 Å². The van der Waals surface area contributed by atoms with Crippen molar-refractivity contribution < 1.29 is 9.59 Å². The number of urea groups is 1.